The second kappa shape index (κ2) is 5.37. The Morgan fingerprint density at radius 1 is 1.62 bits per heavy atom. The van der Waals surface area contributed by atoms with Gasteiger partial charge in [-0.1, -0.05) is 18.5 Å². The fourth-order valence-corrected chi connectivity index (χ4v) is 1.86. The van der Waals surface area contributed by atoms with Gasteiger partial charge in [0.2, 0.25) is 5.82 Å². The Balaban J connectivity index is 3.22. The lowest BCUT2D eigenvalue weighted by Gasteiger charge is -2.15. The molecule has 16 heavy (non-hydrogen) atoms. The van der Waals surface area contributed by atoms with E-state index in [-0.39, 0.29) is 16.7 Å². The summed E-state index contributed by atoms with van der Waals surface area (Å²) in [4.78, 5) is 0. The van der Waals surface area contributed by atoms with Gasteiger partial charge in [0.25, 0.3) is 0 Å². The zero-order valence-electron chi connectivity index (χ0n) is 9.26. The van der Waals surface area contributed by atoms with Crippen molar-refractivity contribution in [3.8, 4) is 11.5 Å². The number of aromatic hydroxyl groups is 1. The minimum Gasteiger partial charge on any atom is -0.505 e. The summed E-state index contributed by atoms with van der Waals surface area (Å²) in [5, 5.41) is 9.83. The molecule has 5 heteroatoms. The summed E-state index contributed by atoms with van der Waals surface area (Å²) in [6.07, 6.45) is 0.648. The van der Waals surface area contributed by atoms with Gasteiger partial charge in [-0.2, -0.15) is 4.39 Å². The van der Waals surface area contributed by atoms with Crippen molar-refractivity contribution in [2.45, 2.75) is 19.3 Å². The Hall–Kier alpha value is -1.00. The fourth-order valence-electron chi connectivity index (χ4n) is 1.58. The summed E-state index contributed by atoms with van der Waals surface area (Å²) in [6.45, 7) is 2.32. The van der Waals surface area contributed by atoms with Gasteiger partial charge >= 0.3 is 0 Å². The molecule has 0 spiro atoms. The van der Waals surface area contributed by atoms with E-state index < -0.39 is 11.6 Å². The molecule has 0 aliphatic carbocycles. The van der Waals surface area contributed by atoms with Gasteiger partial charge in [0.15, 0.2) is 11.5 Å². The molecule has 1 atom stereocenters. The van der Waals surface area contributed by atoms with Crippen molar-refractivity contribution in [3.05, 3.63) is 22.5 Å². The predicted molar refractivity (Wildman–Crippen MR) is 61.7 cm³/mol. The molecule has 1 aromatic rings. The first-order valence-corrected chi connectivity index (χ1v) is 5.35. The van der Waals surface area contributed by atoms with Crippen molar-refractivity contribution >= 4 is 11.6 Å². The quantitative estimate of drug-likeness (QED) is 0.860. The van der Waals surface area contributed by atoms with Crippen LogP contribution in [0.5, 0.6) is 11.5 Å². The predicted octanol–water partition coefficient (Wildman–Crippen LogP) is 2.65. The van der Waals surface area contributed by atoms with Crippen molar-refractivity contribution in [2.75, 3.05) is 13.7 Å². The molecule has 0 aliphatic heterocycles. The number of rotatable bonds is 4. The number of halogens is 2. The van der Waals surface area contributed by atoms with E-state index in [9.17, 15) is 9.50 Å². The summed E-state index contributed by atoms with van der Waals surface area (Å²) in [6, 6.07) is 1.51. The van der Waals surface area contributed by atoms with Gasteiger partial charge in [-0.15, -0.1) is 0 Å². The number of hydrogen-bond donors (Lipinski definition) is 2. The van der Waals surface area contributed by atoms with Gasteiger partial charge in [-0.3, -0.25) is 0 Å². The molecule has 0 bridgehead atoms. The van der Waals surface area contributed by atoms with Gasteiger partial charge < -0.3 is 15.6 Å². The Kier molecular flexibility index (Phi) is 4.38. The largest absolute Gasteiger partial charge is 0.505 e. The highest BCUT2D eigenvalue weighted by Gasteiger charge is 2.20. The average molecular weight is 248 g/mol. The van der Waals surface area contributed by atoms with E-state index in [1.165, 1.54) is 13.2 Å². The van der Waals surface area contributed by atoms with E-state index in [4.69, 9.17) is 22.1 Å². The second-order valence-corrected chi connectivity index (χ2v) is 4.03. The Bertz CT molecular complexity index is 385. The molecule has 0 saturated heterocycles. The molecular weight excluding hydrogens is 233 g/mol. The van der Waals surface area contributed by atoms with Crippen LogP contribution in [-0.4, -0.2) is 18.8 Å². The third-order valence-corrected chi connectivity index (χ3v) is 2.80. The molecule has 0 fully saturated rings. The van der Waals surface area contributed by atoms with Gasteiger partial charge in [0, 0.05) is 5.56 Å². The zero-order valence-corrected chi connectivity index (χ0v) is 10.0. The lowest BCUT2D eigenvalue weighted by Crippen LogP contribution is -2.05. The van der Waals surface area contributed by atoms with Crippen molar-refractivity contribution in [3.63, 3.8) is 0 Å². The first-order valence-electron chi connectivity index (χ1n) is 4.97. The van der Waals surface area contributed by atoms with E-state index >= 15 is 0 Å². The summed E-state index contributed by atoms with van der Waals surface area (Å²) < 4.78 is 18.4. The van der Waals surface area contributed by atoms with Crippen LogP contribution in [0.25, 0.3) is 0 Å². The first kappa shape index (κ1) is 13.1. The molecule has 3 N–H and O–H groups in total. The molecule has 0 amide bonds. The Labute approximate surface area is 99.0 Å². The van der Waals surface area contributed by atoms with Crippen molar-refractivity contribution in [2.24, 2.45) is 5.73 Å². The van der Waals surface area contributed by atoms with Crippen molar-refractivity contribution in [1.29, 1.82) is 0 Å². The van der Waals surface area contributed by atoms with Crippen LogP contribution < -0.4 is 10.5 Å². The maximum Gasteiger partial charge on any atom is 0.208 e. The number of ether oxygens (including phenoxy) is 1. The molecule has 0 aromatic heterocycles. The van der Waals surface area contributed by atoms with Crippen LogP contribution in [0, 0.1) is 5.82 Å². The van der Waals surface area contributed by atoms with Gasteiger partial charge in [0.05, 0.1) is 12.1 Å². The molecule has 1 unspecified atom stereocenters. The number of benzene rings is 1. The third kappa shape index (κ3) is 2.39. The second-order valence-electron chi connectivity index (χ2n) is 3.62. The van der Waals surface area contributed by atoms with E-state index in [1.54, 1.807) is 0 Å². The minimum absolute atomic E-state index is 0.0529. The van der Waals surface area contributed by atoms with Crippen LogP contribution in [0.4, 0.5) is 4.39 Å². The number of phenolic OH excluding ortho intramolecular Hbond substituents is 1. The van der Waals surface area contributed by atoms with Crippen LogP contribution in [0.3, 0.4) is 0 Å². The number of nitrogens with two attached hydrogens (primary N) is 1. The number of phenols is 1. The van der Waals surface area contributed by atoms with Gasteiger partial charge in [0.1, 0.15) is 0 Å². The van der Waals surface area contributed by atoms with E-state index in [0.29, 0.717) is 18.5 Å². The topological polar surface area (TPSA) is 55.5 Å². The van der Waals surface area contributed by atoms with Crippen LogP contribution in [0.1, 0.15) is 24.8 Å². The van der Waals surface area contributed by atoms with Crippen molar-refractivity contribution < 1.29 is 14.2 Å². The molecule has 3 nitrogen and oxygen atoms in total. The standard InChI is InChI=1S/C11H15ClFNO2/c1-6(3-4-14)7-5-8(12)11(16-2)9(13)10(7)15/h5-6,15H,3-4,14H2,1-2H3. The molecule has 1 rings (SSSR count). The number of hydrogen-bond acceptors (Lipinski definition) is 3. The SMILES string of the molecule is COc1c(Cl)cc(C(C)CCN)c(O)c1F. The maximum atomic E-state index is 13.6. The minimum atomic E-state index is -0.825. The maximum absolute atomic E-state index is 13.6. The summed E-state index contributed by atoms with van der Waals surface area (Å²) in [7, 11) is 1.30. The van der Waals surface area contributed by atoms with Crippen LogP contribution in [-0.2, 0) is 0 Å². The molecule has 0 radical (unpaired) electrons. The van der Waals surface area contributed by atoms with Gasteiger partial charge in [-0.25, -0.2) is 0 Å². The van der Waals surface area contributed by atoms with Crippen molar-refractivity contribution in [1.82, 2.24) is 0 Å². The smallest absolute Gasteiger partial charge is 0.208 e. The highest BCUT2D eigenvalue weighted by Crippen LogP contribution is 2.39. The highest BCUT2D eigenvalue weighted by molar-refractivity contribution is 6.32. The first-order chi connectivity index (χ1) is 7.52. The van der Waals surface area contributed by atoms with E-state index in [1.807, 2.05) is 6.92 Å². The summed E-state index contributed by atoms with van der Waals surface area (Å²) in [5.74, 6) is -1.43. The normalized spacial score (nSPS) is 12.6. The monoisotopic (exact) mass is 247 g/mol. The molecule has 0 heterocycles. The van der Waals surface area contributed by atoms with E-state index in [2.05, 4.69) is 0 Å². The average Bonchev–Trinajstić information content (AvgIpc) is 2.24. The van der Waals surface area contributed by atoms with Crippen LogP contribution in [0.2, 0.25) is 5.02 Å². The Morgan fingerprint density at radius 3 is 2.75 bits per heavy atom. The van der Waals surface area contributed by atoms with Crippen LogP contribution in [0.15, 0.2) is 6.07 Å². The zero-order chi connectivity index (χ0) is 12.3. The summed E-state index contributed by atoms with van der Waals surface area (Å²) in [5.41, 5.74) is 5.87. The fraction of sp³-hybridized carbons (Fsp3) is 0.455. The Morgan fingerprint density at radius 2 is 2.25 bits per heavy atom. The molecule has 90 valence electrons. The molecule has 0 aliphatic rings. The molecule has 1 aromatic carbocycles. The number of methoxy groups -OCH3 is 1. The lowest BCUT2D eigenvalue weighted by molar-refractivity contribution is 0.360. The molecule has 0 saturated carbocycles. The van der Waals surface area contributed by atoms with Crippen LogP contribution >= 0.6 is 11.6 Å². The lowest BCUT2D eigenvalue weighted by atomic mass is 9.96. The highest BCUT2D eigenvalue weighted by atomic mass is 35.5. The third-order valence-electron chi connectivity index (χ3n) is 2.51. The van der Waals surface area contributed by atoms with Gasteiger partial charge in [-0.05, 0) is 24.9 Å². The molecular formula is C11H15ClFNO2. The summed E-state index contributed by atoms with van der Waals surface area (Å²) >= 11 is 5.84. The van der Waals surface area contributed by atoms with E-state index in [0.717, 1.165) is 0 Å².